The van der Waals surface area contributed by atoms with Gasteiger partial charge in [0, 0.05) is 24.9 Å². The van der Waals surface area contributed by atoms with E-state index in [2.05, 4.69) is 36.2 Å². The first-order chi connectivity index (χ1) is 6.86. The van der Waals surface area contributed by atoms with Crippen molar-refractivity contribution in [2.75, 3.05) is 18.8 Å². The third-order valence-corrected chi connectivity index (χ3v) is 3.77. The molecule has 0 saturated carbocycles. The van der Waals surface area contributed by atoms with Crippen LogP contribution in [0.2, 0.25) is 0 Å². The summed E-state index contributed by atoms with van der Waals surface area (Å²) in [5.74, 6) is 1.25. The van der Waals surface area contributed by atoms with Crippen molar-refractivity contribution in [1.82, 2.24) is 10.6 Å². The lowest BCUT2D eigenvalue weighted by molar-refractivity contribution is 0.422. The number of nitrogens with one attached hydrogen (secondary N) is 2. The number of thioether (sulfide) groups is 1. The highest BCUT2D eigenvalue weighted by molar-refractivity contribution is 7.99. The van der Waals surface area contributed by atoms with E-state index in [0.717, 1.165) is 12.6 Å². The smallest absolute Gasteiger partial charge is 0.0661 e. The van der Waals surface area contributed by atoms with Gasteiger partial charge in [-0.05, 0) is 12.8 Å². The van der Waals surface area contributed by atoms with Crippen molar-refractivity contribution in [2.24, 2.45) is 0 Å². The van der Waals surface area contributed by atoms with Crippen molar-refractivity contribution in [3.63, 3.8) is 0 Å². The molecular formula is C11H24N2S. The van der Waals surface area contributed by atoms with Gasteiger partial charge in [-0.3, -0.25) is 0 Å². The maximum Gasteiger partial charge on any atom is 0.0661 e. The SMILES string of the molecule is CCCC(CCC)NC1CNCCS1. The summed E-state index contributed by atoms with van der Waals surface area (Å²) >= 11 is 2.07. The Bertz CT molecular complexity index is 129. The Morgan fingerprint density at radius 1 is 1.36 bits per heavy atom. The molecule has 0 bridgehead atoms. The molecule has 0 radical (unpaired) electrons. The van der Waals surface area contributed by atoms with Crippen molar-refractivity contribution in [1.29, 1.82) is 0 Å². The minimum absolute atomic E-state index is 0.645. The second kappa shape index (κ2) is 7.55. The topological polar surface area (TPSA) is 24.1 Å². The maximum atomic E-state index is 3.76. The molecule has 2 N–H and O–H groups in total. The van der Waals surface area contributed by atoms with Gasteiger partial charge in [0.15, 0.2) is 0 Å². The van der Waals surface area contributed by atoms with Gasteiger partial charge >= 0.3 is 0 Å². The van der Waals surface area contributed by atoms with Crippen LogP contribution in [0.25, 0.3) is 0 Å². The minimum atomic E-state index is 0.645. The van der Waals surface area contributed by atoms with E-state index >= 15 is 0 Å². The molecule has 1 rings (SSSR count). The zero-order chi connectivity index (χ0) is 10.2. The van der Waals surface area contributed by atoms with E-state index in [9.17, 15) is 0 Å². The maximum absolute atomic E-state index is 3.76. The van der Waals surface area contributed by atoms with Gasteiger partial charge in [0.25, 0.3) is 0 Å². The summed E-state index contributed by atoms with van der Waals surface area (Å²) in [6.07, 6.45) is 5.24. The highest BCUT2D eigenvalue weighted by Crippen LogP contribution is 2.14. The Labute approximate surface area is 92.6 Å². The van der Waals surface area contributed by atoms with E-state index in [4.69, 9.17) is 0 Å². The van der Waals surface area contributed by atoms with E-state index in [1.54, 1.807) is 0 Å². The van der Waals surface area contributed by atoms with E-state index in [1.165, 1.54) is 38.0 Å². The van der Waals surface area contributed by atoms with Gasteiger partial charge in [-0.1, -0.05) is 26.7 Å². The molecule has 1 saturated heterocycles. The largest absolute Gasteiger partial charge is 0.314 e. The van der Waals surface area contributed by atoms with Crippen LogP contribution >= 0.6 is 11.8 Å². The number of rotatable bonds is 6. The van der Waals surface area contributed by atoms with Crippen LogP contribution in [0.3, 0.4) is 0 Å². The molecule has 0 aromatic heterocycles. The predicted octanol–water partition coefficient (Wildman–Crippen LogP) is 2.21. The second-order valence-electron chi connectivity index (χ2n) is 4.00. The van der Waals surface area contributed by atoms with Crippen LogP contribution in [0.1, 0.15) is 39.5 Å². The van der Waals surface area contributed by atoms with Gasteiger partial charge in [-0.15, -0.1) is 11.8 Å². The van der Waals surface area contributed by atoms with E-state index in [0.29, 0.717) is 5.37 Å². The Balaban J connectivity index is 2.21. The van der Waals surface area contributed by atoms with Crippen LogP contribution in [0.4, 0.5) is 0 Å². The molecule has 1 unspecified atom stereocenters. The first-order valence-electron chi connectivity index (χ1n) is 5.95. The van der Waals surface area contributed by atoms with Crippen molar-refractivity contribution in [2.45, 2.75) is 50.9 Å². The summed E-state index contributed by atoms with van der Waals surface area (Å²) in [4.78, 5) is 0. The van der Waals surface area contributed by atoms with Crippen LogP contribution in [-0.4, -0.2) is 30.3 Å². The summed E-state index contributed by atoms with van der Waals surface area (Å²) in [5.41, 5.74) is 0. The van der Waals surface area contributed by atoms with Crippen molar-refractivity contribution in [3.8, 4) is 0 Å². The average Bonchev–Trinajstić information content (AvgIpc) is 2.20. The average molecular weight is 216 g/mol. The molecule has 1 fully saturated rings. The normalized spacial score (nSPS) is 22.9. The van der Waals surface area contributed by atoms with Crippen molar-refractivity contribution >= 4 is 11.8 Å². The first-order valence-corrected chi connectivity index (χ1v) is 7.00. The molecule has 14 heavy (non-hydrogen) atoms. The first kappa shape index (κ1) is 12.3. The zero-order valence-corrected chi connectivity index (χ0v) is 10.3. The Hall–Kier alpha value is 0.270. The monoisotopic (exact) mass is 216 g/mol. The Morgan fingerprint density at radius 2 is 2.07 bits per heavy atom. The van der Waals surface area contributed by atoms with Crippen LogP contribution in [0.15, 0.2) is 0 Å². The minimum Gasteiger partial charge on any atom is -0.314 e. The molecular weight excluding hydrogens is 192 g/mol. The lowest BCUT2D eigenvalue weighted by Crippen LogP contribution is -2.45. The zero-order valence-electron chi connectivity index (χ0n) is 9.51. The molecule has 3 heteroatoms. The van der Waals surface area contributed by atoms with Gasteiger partial charge in [-0.2, -0.15) is 0 Å². The molecule has 0 spiro atoms. The van der Waals surface area contributed by atoms with Gasteiger partial charge in [0.2, 0.25) is 0 Å². The number of hydrogen-bond donors (Lipinski definition) is 2. The highest BCUT2D eigenvalue weighted by Gasteiger charge is 2.16. The summed E-state index contributed by atoms with van der Waals surface area (Å²) in [6, 6.07) is 0.738. The van der Waals surface area contributed by atoms with Gasteiger partial charge in [0.05, 0.1) is 5.37 Å². The van der Waals surface area contributed by atoms with Gasteiger partial charge < -0.3 is 10.6 Å². The fourth-order valence-electron chi connectivity index (χ4n) is 1.94. The molecule has 0 amide bonds. The second-order valence-corrected chi connectivity index (χ2v) is 5.32. The van der Waals surface area contributed by atoms with Crippen molar-refractivity contribution < 1.29 is 0 Å². The fourth-order valence-corrected chi connectivity index (χ4v) is 3.01. The van der Waals surface area contributed by atoms with Crippen LogP contribution < -0.4 is 10.6 Å². The Morgan fingerprint density at radius 3 is 2.57 bits per heavy atom. The molecule has 0 aromatic carbocycles. The van der Waals surface area contributed by atoms with Gasteiger partial charge in [0.1, 0.15) is 0 Å². The molecule has 1 aliphatic rings. The van der Waals surface area contributed by atoms with Crippen LogP contribution in [0, 0.1) is 0 Å². The lowest BCUT2D eigenvalue weighted by Gasteiger charge is -2.28. The quantitative estimate of drug-likeness (QED) is 0.712. The molecule has 1 aliphatic heterocycles. The fraction of sp³-hybridized carbons (Fsp3) is 1.00. The van der Waals surface area contributed by atoms with Crippen LogP contribution in [-0.2, 0) is 0 Å². The molecule has 0 aliphatic carbocycles. The molecule has 2 nitrogen and oxygen atoms in total. The van der Waals surface area contributed by atoms with Crippen molar-refractivity contribution in [3.05, 3.63) is 0 Å². The van der Waals surface area contributed by atoms with E-state index < -0.39 is 0 Å². The standard InChI is InChI=1S/C11H24N2S/c1-3-5-10(6-4-2)13-11-9-12-7-8-14-11/h10-13H,3-9H2,1-2H3. The molecule has 84 valence electrons. The lowest BCUT2D eigenvalue weighted by atomic mass is 10.1. The van der Waals surface area contributed by atoms with Crippen LogP contribution in [0.5, 0.6) is 0 Å². The number of hydrogen-bond acceptors (Lipinski definition) is 3. The highest BCUT2D eigenvalue weighted by atomic mass is 32.2. The summed E-state index contributed by atoms with van der Waals surface area (Å²) < 4.78 is 0. The molecule has 1 atom stereocenters. The van der Waals surface area contributed by atoms with Gasteiger partial charge in [-0.25, -0.2) is 0 Å². The van der Waals surface area contributed by atoms with E-state index in [-0.39, 0.29) is 0 Å². The summed E-state index contributed by atoms with van der Waals surface area (Å²) in [7, 11) is 0. The summed E-state index contributed by atoms with van der Waals surface area (Å²) in [5, 5.41) is 7.84. The Kier molecular flexibility index (Phi) is 6.65. The predicted molar refractivity (Wildman–Crippen MR) is 65.9 cm³/mol. The van der Waals surface area contributed by atoms with E-state index in [1.807, 2.05) is 0 Å². The molecule has 1 heterocycles. The summed E-state index contributed by atoms with van der Waals surface area (Å²) in [6.45, 7) is 6.86. The third kappa shape index (κ3) is 4.67. The molecule has 0 aromatic rings. The third-order valence-electron chi connectivity index (χ3n) is 2.62.